The van der Waals surface area contributed by atoms with Gasteiger partial charge in [-0.2, -0.15) is 13.2 Å². The molecule has 0 unspecified atom stereocenters. The summed E-state index contributed by atoms with van der Waals surface area (Å²) in [4.78, 5) is 12.0. The molecule has 0 radical (unpaired) electrons. The van der Waals surface area contributed by atoms with Crippen molar-refractivity contribution < 1.29 is 26.4 Å². The van der Waals surface area contributed by atoms with E-state index in [4.69, 9.17) is 23.2 Å². The van der Waals surface area contributed by atoms with Crippen LogP contribution in [0.25, 0.3) is 6.08 Å². The first kappa shape index (κ1) is 20.3. The number of benzene rings is 2. The molecule has 0 saturated heterocycles. The third-order valence-corrected chi connectivity index (χ3v) is 4.60. The average molecular weight is 424 g/mol. The van der Waals surface area contributed by atoms with Crippen molar-refractivity contribution >= 4 is 45.2 Å². The Morgan fingerprint density at radius 2 is 1.65 bits per heavy atom. The number of amides is 1. The van der Waals surface area contributed by atoms with Crippen LogP contribution < -0.4 is 4.72 Å². The molecule has 0 saturated carbocycles. The second-order valence-electron chi connectivity index (χ2n) is 5.02. The third-order valence-electron chi connectivity index (χ3n) is 3.09. The first-order valence-electron chi connectivity index (χ1n) is 6.85. The maximum absolute atomic E-state index is 12.5. The van der Waals surface area contributed by atoms with Crippen molar-refractivity contribution in [1.29, 1.82) is 0 Å². The smallest absolute Gasteiger partial charge is 0.268 e. The number of alkyl halides is 3. The summed E-state index contributed by atoms with van der Waals surface area (Å²) in [6, 6.07) is 7.75. The zero-order chi connectivity index (χ0) is 19.5. The maximum Gasteiger partial charge on any atom is 0.416 e. The van der Waals surface area contributed by atoms with Gasteiger partial charge < -0.3 is 0 Å². The molecule has 10 heteroatoms. The van der Waals surface area contributed by atoms with E-state index in [-0.39, 0.29) is 21.2 Å². The van der Waals surface area contributed by atoms with Gasteiger partial charge in [0.25, 0.3) is 15.9 Å². The van der Waals surface area contributed by atoms with Gasteiger partial charge in [0, 0.05) is 5.02 Å². The van der Waals surface area contributed by atoms with Gasteiger partial charge in [0.1, 0.15) is 0 Å². The fourth-order valence-corrected chi connectivity index (χ4v) is 3.11. The molecule has 1 N–H and O–H groups in total. The van der Waals surface area contributed by atoms with Crippen LogP contribution in [0.2, 0.25) is 10.0 Å². The van der Waals surface area contributed by atoms with E-state index >= 15 is 0 Å². The van der Waals surface area contributed by atoms with E-state index in [9.17, 15) is 26.4 Å². The van der Waals surface area contributed by atoms with Gasteiger partial charge in [-0.15, -0.1) is 0 Å². The van der Waals surface area contributed by atoms with Crippen molar-refractivity contribution in [2.75, 3.05) is 0 Å². The molecule has 2 rings (SSSR count). The molecule has 0 bridgehead atoms. The van der Waals surface area contributed by atoms with E-state index in [0.29, 0.717) is 5.41 Å². The lowest BCUT2D eigenvalue weighted by Crippen LogP contribution is -2.29. The van der Waals surface area contributed by atoms with E-state index < -0.39 is 27.7 Å². The van der Waals surface area contributed by atoms with Crippen LogP contribution in [-0.4, -0.2) is 14.3 Å². The number of sulfonamides is 1. The first-order chi connectivity index (χ1) is 12.0. The summed E-state index contributed by atoms with van der Waals surface area (Å²) in [6.45, 7) is 0. The van der Waals surface area contributed by atoms with Crippen LogP contribution in [0.3, 0.4) is 0 Å². The Bertz CT molecular complexity index is 956. The minimum absolute atomic E-state index is 0.0306. The van der Waals surface area contributed by atoms with Gasteiger partial charge >= 0.3 is 6.18 Å². The van der Waals surface area contributed by atoms with E-state index in [1.165, 1.54) is 18.2 Å². The van der Waals surface area contributed by atoms with Gasteiger partial charge in [-0.05, 0) is 42.0 Å². The molecule has 4 nitrogen and oxygen atoms in total. The summed E-state index contributed by atoms with van der Waals surface area (Å²) < 4.78 is 63.1. The SMILES string of the molecule is O=C(NS(=O)(=O)/C=C/c1ccc(C(F)(F)F)cc1)c1ccc(Cl)cc1Cl. The topological polar surface area (TPSA) is 63.2 Å². The van der Waals surface area contributed by atoms with Crippen molar-refractivity contribution in [1.82, 2.24) is 4.72 Å². The molecule has 26 heavy (non-hydrogen) atoms. The van der Waals surface area contributed by atoms with Crippen LogP contribution in [0.1, 0.15) is 21.5 Å². The van der Waals surface area contributed by atoms with Crippen LogP contribution in [0.5, 0.6) is 0 Å². The zero-order valence-corrected chi connectivity index (χ0v) is 15.0. The molecule has 1 amide bonds. The van der Waals surface area contributed by atoms with E-state index in [0.717, 1.165) is 30.3 Å². The number of carbonyl (C=O) groups is 1. The van der Waals surface area contributed by atoms with Crippen molar-refractivity contribution in [3.8, 4) is 0 Å². The molecule has 0 spiro atoms. The lowest BCUT2D eigenvalue weighted by atomic mass is 10.1. The number of carbonyl (C=O) groups excluding carboxylic acids is 1. The third kappa shape index (κ3) is 5.48. The standard InChI is InChI=1S/C16H10Cl2F3NO3S/c17-12-5-6-13(14(18)9-12)15(23)22-26(24,25)8-7-10-1-3-11(4-2-10)16(19,20)21/h1-9H,(H,22,23)/b8-7+. The van der Waals surface area contributed by atoms with Crippen molar-refractivity contribution in [3.05, 3.63) is 74.6 Å². The van der Waals surface area contributed by atoms with Crippen LogP contribution in [0, 0.1) is 0 Å². The van der Waals surface area contributed by atoms with Gasteiger partial charge in [0.15, 0.2) is 0 Å². The Morgan fingerprint density at radius 1 is 1.04 bits per heavy atom. The Balaban J connectivity index is 2.12. The molecular formula is C16H10Cl2F3NO3S. The molecule has 0 aliphatic heterocycles. The first-order valence-corrected chi connectivity index (χ1v) is 9.16. The number of hydrogen-bond acceptors (Lipinski definition) is 3. The molecule has 0 fully saturated rings. The summed E-state index contributed by atoms with van der Waals surface area (Å²) in [7, 11) is -4.19. The molecule has 2 aromatic rings. The highest BCUT2D eigenvalue weighted by atomic mass is 35.5. The molecule has 0 atom stereocenters. The van der Waals surface area contributed by atoms with Crippen LogP contribution >= 0.6 is 23.2 Å². The molecule has 0 aliphatic carbocycles. The fourth-order valence-electron chi connectivity index (χ4n) is 1.84. The second-order valence-corrected chi connectivity index (χ2v) is 7.43. The molecular weight excluding hydrogens is 414 g/mol. The summed E-state index contributed by atoms with van der Waals surface area (Å²) in [5, 5.41) is 0.908. The lowest BCUT2D eigenvalue weighted by molar-refractivity contribution is -0.137. The highest BCUT2D eigenvalue weighted by Gasteiger charge is 2.29. The average Bonchev–Trinajstić information content (AvgIpc) is 2.52. The van der Waals surface area contributed by atoms with Crippen molar-refractivity contribution in [2.45, 2.75) is 6.18 Å². The monoisotopic (exact) mass is 423 g/mol. The Hall–Kier alpha value is -2.03. The van der Waals surface area contributed by atoms with Crippen LogP contribution in [-0.2, 0) is 16.2 Å². The molecule has 0 aromatic heterocycles. The predicted octanol–water partition coefficient (Wildman–Crippen LogP) is 4.74. The highest BCUT2D eigenvalue weighted by Crippen LogP contribution is 2.29. The number of hydrogen-bond donors (Lipinski definition) is 1. The number of rotatable bonds is 4. The molecule has 138 valence electrons. The Labute approximate surface area is 157 Å². The predicted molar refractivity (Wildman–Crippen MR) is 93.3 cm³/mol. The quantitative estimate of drug-likeness (QED) is 0.771. The fraction of sp³-hybridized carbons (Fsp3) is 0.0625. The van der Waals surface area contributed by atoms with Gasteiger partial charge in [-0.25, -0.2) is 13.1 Å². The minimum atomic E-state index is -4.49. The summed E-state index contributed by atoms with van der Waals surface area (Å²) >= 11 is 11.5. The zero-order valence-electron chi connectivity index (χ0n) is 12.7. The van der Waals surface area contributed by atoms with Gasteiger partial charge in [-0.1, -0.05) is 35.3 Å². The van der Waals surface area contributed by atoms with Gasteiger partial charge in [-0.3, -0.25) is 4.79 Å². The normalized spacial score (nSPS) is 12.3. The van der Waals surface area contributed by atoms with Crippen LogP contribution in [0.15, 0.2) is 47.9 Å². The van der Waals surface area contributed by atoms with Crippen LogP contribution in [0.4, 0.5) is 13.2 Å². The van der Waals surface area contributed by atoms with Crippen molar-refractivity contribution in [3.63, 3.8) is 0 Å². The second kappa shape index (κ2) is 7.69. The summed E-state index contributed by atoms with van der Waals surface area (Å²) in [6.07, 6.45) is -3.43. The Morgan fingerprint density at radius 3 is 2.19 bits per heavy atom. The summed E-state index contributed by atoms with van der Waals surface area (Å²) in [5.74, 6) is -0.969. The lowest BCUT2D eigenvalue weighted by Gasteiger charge is -2.06. The molecule has 0 heterocycles. The number of halogens is 5. The van der Waals surface area contributed by atoms with E-state index in [1.54, 1.807) is 4.72 Å². The van der Waals surface area contributed by atoms with E-state index in [2.05, 4.69) is 0 Å². The number of nitrogens with one attached hydrogen (secondary N) is 1. The highest BCUT2D eigenvalue weighted by molar-refractivity contribution is 7.93. The van der Waals surface area contributed by atoms with Gasteiger partial charge in [0.2, 0.25) is 0 Å². The largest absolute Gasteiger partial charge is 0.416 e. The summed E-state index contributed by atoms with van der Waals surface area (Å²) in [5.41, 5.74) is -0.744. The minimum Gasteiger partial charge on any atom is -0.268 e. The van der Waals surface area contributed by atoms with Gasteiger partial charge in [0.05, 0.1) is 21.6 Å². The maximum atomic E-state index is 12.5. The molecule has 2 aromatic carbocycles. The van der Waals surface area contributed by atoms with Crippen molar-refractivity contribution in [2.24, 2.45) is 0 Å². The Kier molecular flexibility index (Phi) is 6.00. The molecule has 0 aliphatic rings. The van der Waals surface area contributed by atoms with E-state index in [1.807, 2.05) is 0 Å².